The molecule has 0 aliphatic carbocycles. The number of hydrogen-bond donors (Lipinski definition) is 0. The predicted molar refractivity (Wildman–Crippen MR) is 78.2 cm³/mol. The number of hydrogen-bond acceptors (Lipinski definition) is 3. The van der Waals surface area contributed by atoms with E-state index in [9.17, 15) is 4.79 Å². The first kappa shape index (κ1) is 10.9. The van der Waals surface area contributed by atoms with E-state index >= 15 is 0 Å². The van der Waals surface area contributed by atoms with Crippen LogP contribution in [0.2, 0.25) is 0 Å². The average Bonchev–Trinajstić information content (AvgIpc) is 2.78. The molecule has 0 bridgehead atoms. The predicted octanol–water partition coefficient (Wildman–Crippen LogP) is 4.25. The molecule has 92 valence electrons. The molecule has 2 nitrogen and oxygen atoms in total. The number of carbonyl (C=O) groups is 1. The molecule has 0 fully saturated rings. The summed E-state index contributed by atoms with van der Waals surface area (Å²) in [5, 5.41) is 4.46. The quantitative estimate of drug-likeness (QED) is 0.616. The lowest BCUT2D eigenvalue weighted by Gasteiger charge is -2.09. The maximum absolute atomic E-state index is 12.1. The van der Waals surface area contributed by atoms with E-state index in [1.165, 1.54) is 11.8 Å². The van der Waals surface area contributed by atoms with Gasteiger partial charge in [0.2, 0.25) is 5.12 Å². The van der Waals surface area contributed by atoms with Gasteiger partial charge in [0, 0.05) is 21.2 Å². The smallest absolute Gasteiger partial charge is 0.224 e. The summed E-state index contributed by atoms with van der Waals surface area (Å²) >= 11 is 1.32. The molecule has 0 amide bonds. The van der Waals surface area contributed by atoms with Crippen LogP contribution in [0.3, 0.4) is 0 Å². The van der Waals surface area contributed by atoms with Gasteiger partial charge >= 0.3 is 0 Å². The molecule has 3 heteroatoms. The second kappa shape index (κ2) is 3.75. The molecular weight excluding hydrogens is 256 g/mol. The Morgan fingerprint density at radius 3 is 2.74 bits per heavy atom. The minimum atomic E-state index is 0.124. The van der Waals surface area contributed by atoms with Crippen LogP contribution < -0.4 is 4.74 Å². The molecular formula is C16H10O2S. The van der Waals surface area contributed by atoms with Crippen LogP contribution in [0, 0.1) is 0 Å². The molecule has 0 saturated heterocycles. The van der Waals surface area contributed by atoms with Crippen molar-refractivity contribution in [3.05, 3.63) is 48.0 Å². The first-order valence-corrected chi connectivity index (χ1v) is 6.86. The van der Waals surface area contributed by atoms with Crippen LogP contribution in [0.1, 0.15) is 10.4 Å². The van der Waals surface area contributed by atoms with Gasteiger partial charge in [0.15, 0.2) is 0 Å². The lowest BCUT2D eigenvalue weighted by Crippen LogP contribution is -1.90. The molecule has 3 aromatic rings. The molecule has 0 radical (unpaired) electrons. The SMILES string of the molecule is COc1ccc2c3c(c4ccccc4cc13)SC2=O. The summed E-state index contributed by atoms with van der Waals surface area (Å²) in [6, 6.07) is 14.0. The first-order valence-electron chi connectivity index (χ1n) is 6.04. The standard InChI is InChI=1S/C16H10O2S/c1-18-13-7-6-11-14-12(13)8-9-4-2-3-5-10(9)15(14)19-16(11)17/h2-8H,1H3. The number of benzene rings is 3. The number of fused-ring (bicyclic) bond motifs is 2. The Hall–Kier alpha value is -2.00. The minimum Gasteiger partial charge on any atom is -0.496 e. The second-order valence-electron chi connectivity index (χ2n) is 4.55. The third-order valence-corrected chi connectivity index (χ3v) is 4.61. The fourth-order valence-electron chi connectivity index (χ4n) is 2.71. The highest BCUT2D eigenvalue weighted by Gasteiger charge is 2.26. The summed E-state index contributed by atoms with van der Waals surface area (Å²) in [5.74, 6) is 0.820. The number of carbonyl (C=O) groups excluding carboxylic acids is 1. The van der Waals surface area contributed by atoms with E-state index in [1.54, 1.807) is 7.11 Å². The maximum atomic E-state index is 12.1. The van der Waals surface area contributed by atoms with E-state index in [4.69, 9.17) is 4.74 Å². The van der Waals surface area contributed by atoms with Crippen LogP contribution in [0.25, 0.3) is 21.5 Å². The molecule has 4 rings (SSSR count). The topological polar surface area (TPSA) is 26.3 Å². The van der Waals surface area contributed by atoms with Crippen molar-refractivity contribution in [2.24, 2.45) is 0 Å². The Morgan fingerprint density at radius 2 is 1.89 bits per heavy atom. The van der Waals surface area contributed by atoms with Gasteiger partial charge in [-0.1, -0.05) is 24.3 Å². The van der Waals surface area contributed by atoms with Crippen LogP contribution in [0.5, 0.6) is 5.75 Å². The Kier molecular flexibility index (Phi) is 2.15. The molecule has 1 aliphatic heterocycles. The van der Waals surface area contributed by atoms with Crippen LogP contribution in [0.15, 0.2) is 47.4 Å². The monoisotopic (exact) mass is 266 g/mol. The highest BCUT2D eigenvalue weighted by molar-refractivity contribution is 8.15. The van der Waals surface area contributed by atoms with Crippen molar-refractivity contribution in [3.63, 3.8) is 0 Å². The molecule has 0 aromatic heterocycles. The van der Waals surface area contributed by atoms with Crippen molar-refractivity contribution in [3.8, 4) is 5.75 Å². The van der Waals surface area contributed by atoms with Gasteiger partial charge in [-0.3, -0.25) is 4.79 Å². The van der Waals surface area contributed by atoms with E-state index in [0.29, 0.717) is 0 Å². The fraction of sp³-hybridized carbons (Fsp3) is 0.0625. The van der Waals surface area contributed by atoms with Crippen LogP contribution in [-0.2, 0) is 0 Å². The molecule has 0 saturated carbocycles. The average molecular weight is 266 g/mol. The van der Waals surface area contributed by atoms with Crippen molar-refractivity contribution in [2.45, 2.75) is 4.90 Å². The van der Waals surface area contributed by atoms with Gasteiger partial charge in [-0.05, 0) is 40.7 Å². The number of thioether (sulfide) groups is 1. The summed E-state index contributed by atoms with van der Waals surface area (Å²) < 4.78 is 5.43. The van der Waals surface area contributed by atoms with Crippen molar-refractivity contribution in [2.75, 3.05) is 7.11 Å². The minimum absolute atomic E-state index is 0.124. The largest absolute Gasteiger partial charge is 0.496 e. The van der Waals surface area contributed by atoms with Crippen molar-refractivity contribution >= 4 is 38.4 Å². The molecule has 1 aliphatic rings. The van der Waals surface area contributed by atoms with E-state index < -0.39 is 0 Å². The van der Waals surface area contributed by atoms with Crippen molar-refractivity contribution in [1.29, 1.82) is 0 Å². The summed E-state index contributed by atoms with van der Waals surface area (Å²) in [4.78, 5) is 13.2. The van der Waals surface area contributed by atoms with E-state index in [2.05, 4.69) is 18.2 Å². The zero-order chi connectivity index (χ0) is 13.0. The number of methoxy groups -OCH3 is 1. The Balaban J connectivity index is 2.30. The van der Waals surface area contributed by atoms with Gasteiger partial charge in [-0.25, -0.2) is 0 Å². The summed E-state index contributed by atoms with van der Waals surface area (Å²) in [7, 11) is 1.66. The third kappa shape index (κ3) is 1.36. The molecule has 0 atom stereocenters. The van der Waals surface area contributed by atoms with E-state index in [0.717, 1.165) is 37.8 Å². The molecule has 0 spiro atoms. The van der Waals surface area contributed by atoms with E-state index in [1.807, 2.05) is 24.3 Å². The zero-order valence-corrected chi connectivity index (χ0v) is 11.1. The number of rotatable bonds is 1. The van der Waals surface area contributed by atoms with Gasteiger partial charge in [0.05, 0.1) is 7.11 Å². The molecule has 0 N–H and O–H groups in total. The van der Waals surface area contributed by atoms with Crippen LogP contribution in [-0.4, -0.2) is 12.2 Å². The summed E-state index contributed by atoms with van der Waals surface area (Å²) in [6.07, 6.45) is 0. The first-order chi connectivity index (χ1) is 9.29. The summed E-state index contributed by atoms with van der Waals surface area (Å²) in [6.45, 7) is 0. The van der Waals surface area contributed by atoms with Crippen molar-refractivity contribution in [1.82, 2.24) is 0 Å². The Morgan fingerprint density at radius 1 is 1.05 bits per heavy atom. The molecule has 19 heavy (non-hydrogen) atoms. The molecule has 0 unspecified atom stereocenters. The van der Waals surface area contributed by atoms with E-state index in [-0.39, 0.29) is 5.12 Å². The van der Waals surface area contributed by atoms with Gasteiger partial charge in [-0.15, -0.1) is 0 Å². The van der Waals surface area contributed by atoms with Gasteiger partial charge in [0.1, 0.15) is 5.75 Å². The summed E-state index contributed by atoms with van der Waals surface area (Å²) in [5.41, 5.74) is 0.793. The van der Waals surface area contributed by atoms with Crippen LogP contribution >= 0.6 is 11.8 Å². The lowest BCUT2D eigenvalue weighted by molar-refractivity contribution is 0.109. The third-order valence-electron chi connectivity index (χ3n) is 3.57. The van der Waals surface area contributed by atoms with Gasteiger partial charge < -0.3 is 4.74 Å². The highest BCUT2D eigenvalue weighted by Crippen LogP contribution is 2.47. The zero-order valence-electron chi connectivity index (χ0n) is 10.3. The Bertz CT molecular complexity index is 852. The Labute approximate surface area is 114 Å². The maximum Gasteiger partial charge on any atom is 0.224 e. The normalized spacial score (nSPS) is 13.4. The van der Waals surface area contributed by atoms with Crippen LogP contribution in [0.4, 0.5) is 0 Å². The molecule has 3 aromatic carbocycles. The lowest BCUT2D eigenvalue weighted by atomic mass is 9.99. The highest BCUT2D eigenvalue weighted by atomic mass is 32.2. The van der Waals surface area contributed by atoms with Crippen molar-refractivity contribution < 1.29 is 9.53 Å². The fourth-order valence-corrected chi connectivity index (χ4v) is 3.79. The molecule has 1 heterocycles. The second-order valence-corrected chi connectivity index (χ2v) is 5.54. The van der Waals surface area contributed by atoms with Gasteiger partial charge in [0.25, 0.3) is 0 Å². The van der Waals surface area contributed by atoms with Gasteiger partial charge in [-0.2, -0.15) is 0 Å². The number of ether oxygens (including phenoxy) is 1.